The van der Waals surface area contributed by atoms with Crippen molar-refractivity contribution in [2.45, 2.75) is 6.92 Å². The predicted octanol–water partition coefficient (Wildman–Crippen LogP) is 3.78. The van der Waals surface area contributed by atoms with Crippen LogP contribution in [0.5, 0.6) is 5.75 Å². The van der Waals surface area contributed by atoms with E-state index in [1.807, 2.05) is 60.7 Å². The van der Waals surface area contributed by atoms with Gasteiger partial charge in [0.15, 0.2) is 0 Å². The standard InChI is InChI=1S/C16H14O2/c1-13(17)18-16-10-6-5-9-15(16)12-11-14-7-3-2-4-8-14/h2-12H,1H3/b12-11+. The second-order valence-corrected chi connectivity index (χ2v) is 3.88. The van der Waals surface area contributed by atoms with Gasteiger partial charge in [-0.25, -0.2) is 0 Å². The van der Waals surface area contributed by atoms with Crippen LogP contribution >= 0.6 is 0 Å². The molecule has 0 bridgehead atoms. The highest BCUT2D eigenvalue weighted by atomic mass is 16.5. The van der Waals surface area contributed by atoms with Crippen LogP contribution in [0.3, 0.4) is 0 Å². The van der Waals surface area contributed by atoms with Crippen molar-refractivity contribution >= 4 is 18.1 Å². The number of benzene rings is 2. The Kier molecular flexibility index (Phi) is 3.92. The van der Waals surface area contributed by atoms with Gasteiger partial charge in [-0.2, -0.15) is 0 Å². The van der Waals surface area contributed by atoms with Crippen molar-refractivity contribution in [3.8, 4) is 5.75 Å². The zero-order valence-electron chi connectivity index (χ0n) is 10.2. The molecule has 2 rings (SSSR count). The average Bonchev–Trinajstić information content (AvgIpc) is 2.38. The Hall–Kier alpha value is -2.35. The maximum absolute atomic E-state index is 11.0. The van der Waals surface area contributed by atoms with E-state index >= 15 is 0 Å². The fourth-order valence-corrected chi connectivity index (χ4v) is 1.62. The summed E-state index contributed by atoms with van der Waals surface area (Å²) in [7, 11) is 0. The van der Waals surface area contributed by atoms with Crippen LogP contribution in [0.25, 0.3) is 12.2 Å². The Morgan fingerprint density at radius 1 is 0.944 bits per heavy atom. The van der Waals surface area contributed by atoms with Crippen LogP contribution in [0.1, 0.15) is 18.1 Å². The van der Waals surface area contributed by atoms with Crippen LogP contribution in [-0.2, 0) is 4.79 Å². The first-order valence-corrected chi connectivity index (χ1v) is 5.76. The van der Waals surface area contributed by atoms with Gasteiger partial charge >= 0.3 is 5.97 Å². The van der Waals surface area contributed by atoms with Gasteiger partial charge < -0.3 is 4.74 Å². The normalized spacial score (nSPS) is 10.5. The van der Waals surface area contributed by atoms with Gasteiger partial charge in [-0.05, 0) is 11.6 Å². The molecule has 0 saturated carbocycles. The highest BCUT2D eigenvalue weighted by Gasteiger charge is 2.01. The van der Waals surface area contributed by atoms with Gasteiger partial charge in [-0.1, -0.05) is 60.7 Å². The first kappa shape index (κ1) is 12.1. The van der Waals surface area contributed by atoms with E-state index in [-0.39, 0.29) is 5.97 Å². The third-order valence-corrected chi connectivity index (χ3v) is 2.43. The highest BCUT2D eigenvalue weighted by Crippen LogP contribution is 2.20. The van der Waals surface area contributed by atoms with E-state index in [1.54, 1.807) is 6.07 Å². The number of carbonyl (C=O) groups is 1. The zero-order chi connectivity index (χ0) is 12.8. The molecule has 18 heavy (non-hydrogen) atoms. The molecule has 0 aromatic heterocycles. The molecule has 0 aliphatic rings. The van der Waals surface area contributed by atoms with Crippen LogP contribution < -0.4 is 4.74 Å². The van der Waals surface area contributed by atoms with Crippen molar-refractivity contribution in [1.82, 2.24) is 0 Å². The number of rotatable bonds is 3. The van der Waals surface area contributed by atoms with Crippen LogP contribution in [0, 0.1) is 0 Å². The first-order valence-electron chi connectivity index (χ1n) is 5.76. The molecule has 0 saturated heterocycles. The summed E-state index contributed by atoms with van der Waals surface area (Å²) in [6.07, 6.45) is 3.93. The summed E-state index contributed by atoms with van der Waals surface area (Å²) in [6.45, 7) is 1.40. The summed E-state index contributed by atoms with van der Waals surface area (Å²) in [5, 5.41) is 0. The van der Waals surface area contributed by atoms with E-state index in [2.05, 4.69) is 0 Å². The Balaban J connectivity index is 2.23. The molecule has 0 atom stereocenters. The fourth-order valence-electron chi connectivity index (χ4n) is 1.62. The third-order valence-electron chi connectivity index (χ3n) is 2.43. The molecule has 0 unspecified atom stereocenters. The molecule has 2 aromatic carbocycles. The van der Waals surface area contributed by atoms with Gasteiger partial charge in [0.2, 0.25) is 0 Å². The molecule has 0 aliphatic heterocycles. The van der Waals surface area contributed by atoms with Gasteiger partial charge in [-0.15, -0.1) is 0 Å². The maximum atomic E-state index is 11.0. The highest BCUT2D eigenvalue weighted by molar-refractivity contribution is 5.76. The molecular formula is C16H14O2. The van der Waals surface area contributed by atoms with E-state index in [0.29, 0.717) is 5.75 Å². The van der Waals surface area contributed by atoms with Crippen LogP contribution in [0.15, 0.2) is 54.6 Å². The first-order chi connectivity index (χ1) is 8.75. The van der Waals surface area contributed by atoms with Crippen LogP contribution in [0.2, 0.25) is 0 Å². The topological polar surface area (TPSA) is 26.3 Å². The van der Waals surface area contributed by atoms with Gasteiger partial charge in [0.1, 0.15) is 5.75 Å². The predicted molar refractivity (Wildman–Crippen MR) is 73.1 cm³/mol. The Morgan fingerprint density at radius 3 is 2.33 bits per heavy atom. The lowest BCUT2D eigenvalue weighted by atomic mass is 10.1. The summed E-state index contributed by atoms with van der Waals surface area (Å²) in [6, 6.07) is 17.4. The van der Waals surface area contributed by atoms with Crippen molar-refractivity contribution in [1.29, 1.82) is 0 Å². The van der Waals surface area contributed by atoms with Crippen molar-refractivity contribution < 1.29 is 9.53 Å². The van der Waals surface area contributed by atoms with Crippen molar-refractivity contribution in [2.24, 2.45) is 0 Å². The molecule has 0 spiro atoms. The number of hydrogen-bond acceptors (Lipinski definition) is 2. The van der Waals surface area contributed by atoms with E-state index in [1.165, 1.54) is 6.92 Å². The fraction of sp³-hybridized carbons (Fsp3) is 0.0625. The number of para-hydroxylation sites is 1. The molecule has 90 valence electrons. The summed E-state index contributed by atoms with van der Waals surface area (Å²) < 4.78 is 5.14. The maximum Gasteiger partial charge on any atom is 0.308 e. The minimum atomic E-state index is -0.310. The third kappa shape index (κ3) is 3.32. The van der Waals surface area contributed by atoms with E-state index in [4.69, 9.17) is 4.74 Å². The molecule has 0 N–H and O–H groups in total. The molecule has 2 heteroatoms. The molecule has 0 radical (unpaired) electrons. The van der Waals surface area contributed by atoms with Gasteiger partial charge in [0.05, 0.1) is 0 Å². The monoisotopic (exact) mass is 238 g/mol. The summed E-state index contributed by atoms with van der Waals surface area (Å²) in [4.78, 5) is 11.0. The number of esters is 1. The lowest BCUT2D eigenvalue weighted by Gasteiger charge is -2.04. The van der Waals surface area contributed by atoms with E-state index in [9.17, 15) is 4.79 Å². The number of hydrogen-bond donors (Lipinski definition) is 0. The number of ether oxygens (including phenoxy) is 1. The van der Waals surface area contributed by atoms with E-state index in [0.717, 1.165) is 11.1 Å². The smallest absolute Gasteiger partial charge is 0.308 e. The molecule has 2 aromatic rings. The van der Waals surface area contributed by atoms with Gasteiger partial charge in [-0.3, -0.25) is 4.79 Å². The van der Waals surface area contributed by atoms with Crippen molar-refractivity contribution in [3.63, 3.8) is 0 Å². The zero-order valence-corrected chi connectivity index (χ0v) is 10.2. The van der Waals surface area contributed by atoms with Crippen molar-refractivity contribution in [2.75, 3.05) is 0 Å². The molecular weight excluding hydrogens is 224 g/mol. The molecule has 2 nitrogen and oxygen atoms in total. The lowest BCUT2D eigenvalue weighted by molar-refractivity contribution is -0.131. The SMILES string of the molecule is CC(=O)Oc1ccccc1/C=C/c1ccccc1. The second kappa shape index (κ2) is 5.82. The molecule has 0 amide bonds. The Morgan fingerprint density at radius 2 is 1.61 bits per heavy atom. The average molecular weight is 238 g/mol. The molecule has 0 fully saturated rings. The quantitative estimate of drug-likeness (QED) is 0.462. The summed E-state index contributed by atoms with van der Waals surface area (Å²) in [5.74, 6) is 0.271. The Labute approximate surface area is 107 Å². The minimum Gasteiger partial charge on any atom is -0.426 e. The van der Waals surface area contributed by atoms with E-state index < -0.39 is 0 Å². The molecule has 0 aliphatic carbocycles. The van der Waals surface area contributed by atoms with Gasteiger partial charge in [0, 0.05) is 12.5 Å². The van der Waals surface area contributed by atoms with Crippen molar-refractivity contribution in [3.05, 3.63) is 65.7 Å². The van der Waals surface area contributed by atoms with Crippen LogP contribution in [-0.4, -0.2) is 5.97 Å². The largest absolute Gasteiger partial charge is 0.426 e. The second-order valence-electron chi connectivity index (χ2n) is 3.88. The summed E-state index contributed by atoms with van der Waals surface area (Å²) >= 11 is 0. The Bertz CT molecular complexity index is 556. The van der Waals surface area contributed by atoms with Crippen LogP contribution in [0.4, 0.5) is 0 Å². The number of carbonyl (C=O) groups excluding carboxylic acids is 1. The minimum absolute atomic E-state index is 0.310. The lowest BCUT2D eigenvalue weighted by Crippen LogP contribution is -2.02. The molecule has 0 heterocycles. The summed E-state index contributed by atoms with van der Waals surface area (Å²) in [5.41, 5.74) is 1.99. The van der Waals surface area contributed by atoms with Gasteiger partial charge in [0.25, 0.3) is 0 Å².